The first kappa shape index (κ1) is 8.22. The third-order valence-corrected chi connectivity index (χ3v) is 6.15. The topological polar surface area (TPSA) is 12.9 Å². The molecule has 11 heavy (non-hydrogen) atoms. The molecule has 0 N–H and O–H groups in total. The molecule has 0 fully saturated rings. The van der Waals surface area contributed by atoms with Gasteiger partial charge in [0.2, 0.25) is 0 Å². The molecule has 0 atom stereocenters. The fourth-order valence-corrected chi connectivity index (χ4v) is 5.92. The van der Waals surface area contributed by atoms with E-state index in [-0.39, 0.29) is 17.2 Å². The Morgan fingerprint density at radius 1 is 1.55 bits per heavy atom. The van der Waals surface area contributed by atoms with Crippen LogP contribution < -0.4 is 17.2 Å². The van der Waals surface area contributed by atoms with Crippen molar-refractivity contribution in [3.8, 4) is 0 Å². The number of rotatable bonds is 1. The quantitative estimate of drug-likeness (QED) is 0.610. The monoisotopic (exact) mass is 375 g/mol. The van der Waals surface area contributed by atoms with Crippen LogP contribution in [0.3, 0.4) is 0 Å². The summed E-state index contributed by atoms with van der Waals surface area (Å²) in [6.45, 7) is 5.96. The Morgan fingerprint density at radius 2 is 2.18 bits per heavy atom. The molecular formula is C8H10I2N-. The predicted molar refractivity (Wildman–Crippen MR) is 51.2 cm³/mol. The maximum atomic E-state index is 7.74. The van der Waals surface area contributed by atoms with Gasteiger partial charge in [0.1, 0.15) is 0 Å². The van der Waals surface area contributed by atoms with E-state index in [2.05, 4.69) is 23.6 Å². The standard InChI is InChI=1S/C8H10I2N/c1-5-4-6(2)11-7(3)8(5)10-9/h4H,1-3H3/q-1/i4D. The molecule has 0 bridgehead atoms. The van der Waals surface area contributed by atoms with Crippen molar-refractivity contribution in [1.82, 2.24) is 4.98 Å². The summed E-state index contributed by atoms with van der Waals surface area (Å²) in [6, 6.07) is 0.618. The van der Waals surface area contributed by atoms with E-state index < -0.39 is 0 Å². The van der Waals surface area contributed by atoms with E-state index in [9.17, 15) is 0 Å². The average Bonchev–Trinajstić information content (AvgIpc) is 2.01. The normalized spacial score (nSPS) is 11.8. The first-order chi connectivity index (χ1) is 5.57. The third-order valence-electron chi connectivity index (χ3n) is 1.42. The summed E-state index contributed by atoms with van der Waals surface area (Å²) in [5.74, 6) is 0. The van der Waals surface area contributed by atoms with Crippen LogP contribution in [0.5, 0.6) is 0 Å². The molecular weight excluding hydrogens is 364 g/mol. The molecule has 0 aliphatic heterocycles. The van der Waals surface area contributed by atoms with E-state index in [4.69, 9.17) is 1.37 Å². The minimum absolute atomic E-state index is 0.0239. The van der Waals surface area contributed by atoms with Crippen LogP contribution in [0.4, 0.5) is 0 Å². The fraction of sp³-hybridized carbons (Fsp3) is 0.375. The summed E-state index contributed by atoms with van der Waals surface area (Å²) in [4.78, 5) is 4.34. The summed E-state index contributed by atoms with van der Waals surface area (Å²) in [5, 5.41) is 0. The molecule has 1 nitrogen and oxygen atoms in total. The van der Waals surface area contributed by atoms with Crippen LogP contribution in [0.2, 0.25) is 0 Å². The SMILES string of the molecule is [2H]c1c(C)nc(C)c([I-]I)c1C. The molecule has 62 valence electrons. The third kappa shape index (κ3) is 2.27. The fourth-order valence-electron chi connectivity index (χ4n) is 1.03. The van der Waals surface area contributed by atoms with E-state index in [0.29, 0.717) is 6.04 Å². The Morgan fingerprint density at radius 3 is 2.73 bits per heavy atom. The van der Waals surface area contributed by atoms with Gasteiger partial charge in [-0.15, -0.1) is 0 Å². The van der Waals surface area contributed by atoms with Crippen LogP contribution >= 0.6 is 18.6 Å². The van der Waals surface area contributed by atoms with E-state index in [1.165, 1.54) is 3.57 Å². The van der Waals surface area contributed by atoms with Crippen molar-refractivity contribution in [3.05, 3.63) is 26.6 Å². The molecule has 0 unspecified atom stereocenters. The summed E-state index contributed by atoms with van der Waals surface area (Å²) >= 11 is 2.44. The van der Waals surface area contributed by atoms with Crippen molar-refractivity contribution in [1.29, 1.82) is 0 Å². The minimum atomic E-state index is 0.0239. The Bertz CT molecular complexity index is 312. The van der Waals surface area contributed by atoms with Crippen LogP contribution in [0, 0.1) is 24.3 Å². The van der Waals surface area contributed by atoms with Crippen molar-refractivity contribution in [2.24, 2.45) is 0 Å². The molecule has 3 heteroatoms. The molecule has 0 amide bonds. The summed E-state index contributed by atoms with van der Waals surface area (Å²) in [5.41, 5.74) is 3.09. The molecule has 1 heterocycles. The number of aryl methyl sites for hydroxylation is 2. The summed E-state index contributed by atoms with van der Waals surface area (Å²) in [6.07, 6.45) is 0. The zero-order valence-electron chi connectivity index (χ0n) is 7.70. The van der Waals surface area contributed by atoms with Gasteiger partial charge >= 0.3 is 89.5 Å². The van der Waals surface area contributed by atoms with Crippen LogP contribution in [0.1, 0.15) is 18.3 Å². The Labute approximate surface area is 88.8 Å². The van der Waals surface area contributed by atoms with Crippen LogP contribution in [0.15, 0.2) is 6.04 Å². The predicted octanol–water partition coefficient (Wildman–Crippen LogP) is -0.385. The van der Waals surface area contributed by atoms with Gasteiger partial charge in [0.15, 0.2) is 0 Å². The van der Waals surface area contributed by atoms with Gasteiger partial charge in [-0.05, 0) is 0 Å². The maximum absolute atomic E-state index is 7.74. The number of aromatic nitrogens is 1. The van der Waals surface area contributed by atoms with Crippen molar-refractivity contribution >= 4 is 18.6 Å². The molecule has 1 aromatic rings. The van der Waals surface area contributed by atoms with Gasteiger partial charge in [-0.2, -0.15) is 0 Å². The van der Waals surface area contributed by atoms with Crippen LogP contribution in [0.25, 0.3) is 0 Å². The van der Waals surface area contributed by atoms with Crippen molar-refractivity contribution < 1.29 is 18.6 Å². The van der Waals surface area contributed by atoms with Crippen LogP contribution in [-0.2, 0) is 0 Å². The second kappa shape index (κ2) is 4.02. The Balaban J connectivity index is 3.40. The number of halogens is 2. The van der Waals surface area contributed by atoms with Gasteiger partial charge in [0.05, 0.1) is 0 Å². The number of hydrogen-bond acceptors (Lipinski definition) is 1. The molecule has 0 aliphatic rings. The van der Waals surface area contributed by atoms with Gasteiger partial charge in [0, 0.05) is 0 Å². The number of nitrogens with zero attached hydrogens (tertiary/aromatic N) is 1. The second-order valence-corrected chi connectivity index (χ2v) is 6.64. The zero-order valence-corrected chi connectivity index (χ0v) is 11.0. The molecule has 1 rings (SSSR count). The van der Waals surface area contributed by atoms with Gasteiger partial charge < -0.3 is 0 Å². The van der Waals surface area contributed by atoms with Crippen molar-refractivity contribution in [2.75, 3.05) is 0 Å². The van der Waals surface area contributed by atoms with E-state index >= 15 is 0 Å². The molecule has 0 aromatic carbocycles. The molecule has 0 radical (unpaired) electrons. The van der Waals surface area contributed by atoms with E-state index in [0.717, 1.165) is 17.0 Å². The molecule has 0 saturated carbocycles. The Hall–Kier alpha value is 0.610. The molecule has 1 aromatic heterocycles. The second-order valence-electron chi connectivity index (χ2n) is 2.42. The molecule has 0 saturated heterocycles. The van der Waals surface area contributed by atoms with Gasteiger partial charge in [-0.1, -0.05) is 0 Å². The first-order valence-electron chi connectivity index (χ1n) is 3.78. The summed E-state index contributed by atoms with van der Waals surface area (Å²) in [7, 11) is 0. The van der Waals surface area contributed by atoms with Gasteiger partial charge in [-0.3, -0.25) is 0 Å². The molecule has 0 spiro atoms. The first-order valence-corrected chi connectivity index (χ1v) is 10.6. The molecule has 0 aliphatic carbocycles. The summed E-state index contributed by atoms with van der Waals surface area (Å²) < 4.78 is 9.06. The van der Waals surface area contributed by atoms with Crippen molar-refractivity contribution in [2.45, 2.75) is 20.8 Å². The van der Waals surface area contributed by atoms with Gasteiger partial charge in [-0.25, -0.2) is 0 Å². The zero-order chi connectivity index (χ0) is 9.30. The van der Waals surface area contributed by atoms with Crippen LogP contribution in [-0.4, -0.2) is 4.98 Å². The van der Waals surface area contributed by atoms with E-state index in [1.807, 2.05) is 20.8 Å². The average molecular weight is 375 g/mol. The van der Waals surface area contributed by atoms with Gasteiger partial charge in [0.25, 0.3) is 0 Å². The number of pyridine rings is 1. The van der Waals surface area contributed by atoms with E-state index in [1.54, 1.807) is 0 Å². The Kier molecular flexibility index (Phi) is 3.00. The van der Waals surface area contributed by atoms with Crippen molar-refractivity contribution in [3.63, 3.8) is 0 Å². The number of hydrogen-bond donors (Lipinski definition) is 0.